The van der Waals surface area contributed by atoms with Crippen LogP contribution in [-0.2, 0) is 10.2 Å². The summed E-state index contributed by atoms with van der Waals surface area (Å²) in [6.07, 6.45) is 4.37. The number of nitrogens with one attached hydrogen (secondary N) is 1. The van der Waals surface area contributed by atoms with Crippen molar-refractivity contribution in [1.29, 1.82) is 0 Å². The maximum atomic E-state index is 12.6. The highest BCUT2D eigenvalue weighted by Crippen LogP contribution is 2.22. The van der Waals surface area contributed by atoms with E-state index in [9.17, 15) is 8.42 Å². The Kier molecular flexibility index (Phi) is 6.95. The molecule has 0 saturated carbocycles. The number of aliphatic hydroxyl groups is 1. The molecule has 0 aromatic rings. The molecule has 1 rings (SSSR count). The number of hydrogen-bond acceptors (Lipinski definition) is 4. The smallest absolute Gasteiger partial charge is 0.282 e. The number of nitrogens with zero attached hydrogens (tertiary/aromatic N) is 2. The molecule has 0 aromatic heterocycles. The van der Waals surface area contributed by atoms with E-state index in [-0.39, 0.29) is 25.7 Å². The van der Waals surface area contributed by atoms with Crippen molar-refractivity contribution < 1.29 is 13.5 Å². The van der Waals surface area contributed by atoms with Gasteiger partial charge in [-0.05, 0) is 19.9 Å². The molecular weight excluding hydrogens is 266 g/mol. The first-order chi connectivity index (χ1) is 9.07. The molecule has 1 unspecified atom stereocenters. The van der Waals surface area contributed by atoms with Gasteiger partial charge >= 0.3 is 0 Å². The van der Waals surface area contributed by atoms with Gasteiger partial charge in [-0.15, -0.1) is 6.58 Å². The Labute approximate surface area is 116 Å². The van der Waals surface area contributed by atoms with Gasteiger partial charge in [0.05, 0.1) is 6.61 Å². The molecule has 0 spiro atoms. The van der Waals surface area contributed by atoms with E-state index in [0.717, 1.165) is 19.3 Å². The maximum Gasteiger partial charge on any atom is 0.282 e. The fourth-order valence-electron chi connectivity index (χ4n) is 2.42. The van der Waals surface area contributed by atoms with Crippen LogP contribution in [0.25, 0.3) is 0 Å². The summed E-state index contributed by atoms with van der Waals surface area (Å²) in [7, 11) is -1.70. The van der Waals surface area contributed by atoms with Gasteiger partial charge < -0.3 is 10.4 Å². The zero-order valence-corrected chi connectivity index (χ0v) is 12.4. The van der Waals surface area contributed by atoms with Crippen LogP contribution in [0.2, 0.25) is 0 Å². The molecule has 0 radical (unpaired) electrons. The Bertz CT molecular complexity index is 370. The molecule has 1 saturated heterocycles. The number of likely N-dealkylation sites (N-methyl/N-ethyl adjacent to an activating group) is 1. The minimum absolute atomic E-state index is 0.00485. The first-order valence-electron chi connectivity index (χ1n) is 6.71. The van der Waals surface area contributed by atoms with Gasteiger partial charge in [-0.25, -0.2) is 0 Å². The van der Waals surface area contributed by atoms with Crippen LogP contribution in [0.1, 0.15) is 19.3 Å². The number of rotatable bonds is 8. The molecule has 7 heteroatoms. The van der Waals surface area contributed by atoms with Gasteiger partial charge in [0.25, 0.3) is 10.2 Å². The third kappa shape index (κ3) is 4.25. The molecule has 1 fully saturated rings. The first-order valence-corrected chi connectivity index (χ1v) is 8.11. The van der Waals surface area contributed by atoms with Crippen molar-refractivity contribution >= 4 is 10.2 Å². The average Bonchev–Trinajstić information content (AvgIpc) is 2.39. The van der Waals surface area contributed by atoms with Crippen LogP contribution >= 0.6 is 0 Å². The second-order valence-electron chi connectivity index (χ2n) is 4.70. The number of hydrogen-bond donors (Lipinski definition) is 2. The predicted molar refractivity (Wildman–Crippen MR) is 76.0 cm³/mol. The molecule has 19 heavy (non-hydrogen) atoms. The summed E-state index contributed by atoms with van der Waals surface area (Å²) in [5.74, 6) is 0. The zero-order valence-electron chi connectivity index (χ0n) is 11.6. The van der Waals surface area contributed by atoms with Gasteiger partial charge in [0.1, 0.15) is 0 Å². The number of aliphatic hydroxyl groups excluding tert-OH is 1. The summed E-state index contributed by atoms with van der Waals surface area (Å²) >= 11 is 0. The lowest BCUT2D eigenvalue weighted by Gasteiger charge is -2.37. The molecule has 1 aliphatic rings. The van der Waals surface area contributed by atoms with Gasteiger partial charge in [0.15, 0.2) is 0 Å². The summed E-state index contributed by atoms with van der Waals surface area (Å²) in [4.78, 5) is 0. The SMILES string of the molecule is C=CCN(CCO)S(=O)(=O)N1CCCCC1CNC. The van der Waals surface area contributed by atoms with Crippen molar-refractivity contribution in [2.45, 2.75) is 25.3 Å². The van der Waals surface area contributed by atoms with Crippen LogP contribution in [0.5, 0.6) is 0 Å². The van der Waals surface area contributed by atoms with E-state index in [1.165, 1.54) is 4.31 Å². The van der Waals surface area contributed by atoms with Crippen LogP contribution in [0.15, 0.2) is 12.7 Å². The maximum absolute atomic E-state index is 12.6. The minimum atomic E-state index is -3.52. The molecule has 2 N–H and O–H groups in total. The van der Waals surface area contributed by atoms with Crippen LogP contribution in [0.3, 0.4) is 0 Å². The molecule has 0 amide bonds. The van der Waals surface area contributed by atoms with Gasteiger partial charge in [-0.3, -0.25) is 0 Å². The van der Waals surface area contributed by atoms with Gasteiger partial charge in [-0.1, -0.05) is 12.5 Å². The van der Waals surface area contributed by atoms with E-state index in [1.807, 2.05) is 7.05 Å². The van der Waals surface area contributed by atoms with Crippen LogP contribution in [0.4, 0.5) is 0 Å². The Morgan fingerprint density at radius 2 is 2.26 bits per heavy atom. The molecule has 0 aromatic carbocycles. The molecule has 1 atom stereocenters. The standard InChI is InChI=1S/C12H25N3O3S/c1-3-7-14(9-10-16)19(17,18)15-8-5-4-6-12(15)11-13-2/h3,12-13,16H,1,4-11H2,2H3. The fraction of sp³-hybridized carbons (Fsp3) is 0.833. The lowest BCUT2D eigenvalue weighted by Crippen LogP contribution is -2.53. The van der Waals surface area contributed by atoms with E-state index >= 15 is 0 Å². The molecule has 1 heterocycles. The van der Waals surface area contributed by atoms with Gasteiger partial charge in [0.2, 0.25) is 0 Å². The van der Waals surface area contributed by atoms with Crippen molar-refractivity contribution in [2.75, 3.05) is 39.8 Å². The monoisotopic (exact) mass is 291 g/mol. The van der Waals surface area contributed by atoms with Crippen molar-refractivity contribution in [3.63, 3.8) is 0 Å². The summed E-state index contributed by atoms with van der Waals surface area (Å²) in [5, 5.41) is 12.1. The Morgan fingerprint density at radius 1 is 1.53 bits per heavy atom. The van der Waals surface area contributed by atoms with Crippen LogP contribution in [0, 0.1) is 0 Å². The minimum Gasteiger partial charge on any atom is -0.395 e. The predicted octanol–water partition coefficient (Wildman–Crippen LogP) is -0.215. The molecular formula is C12H25N3O3S. The third-order valence-electron chi connectivity index (χ3n) is 3.32. The van der Waals surface area contributed by atoms with Gasteiger partial charge in [-0.2, -0.15) is 17.0 Å². The third-order valence-corrected chi connectivity index (χ3v) is 5.38. The average molecular weight is 291 g/mol. The topological polar surface area (TPSA) is 72.9 Å². The normalized spacial score (nSPS) is 21.7. The van der Waals surface area contributed by atoms with E-state index in [4.69, 9.17) is 5.11 Å². The molecule has 112 valence electrons. The largest absolute Gasteiger partial charge is 0.395 e. The lowest BCUT2D eigenvalue weighted by molar-refractivity contribution is 0.215. The summed E-state index contributed by atoms with van der Waals surface area (Å²) in [6, 6.07) is -0.00485. The Balaban J connectivity index is 2.89. The highest BCUT2D eigenvalue weighted by Gasteiger charge is 2.35. The van der Waals surface area contributed by atoms with E-state index < -0.39 is 10.2 Å². The first kappa shape index (κ1) is 16.6. The lowest BCUT2D eigenvalue weighted by atomic mass is 10.1. The summed E-state index contributed by atoms with van der Waals surface area (Å²) < 4.78 is 28.1. The fourth-order valence-corrected chi connectivity index (χ4v) is 4.24. The van der Waals surface area contributed by atoms with Crippen molar-refractivity contribution in [3.8, 4) is 0 Å². The summed E-state index contributed by atoms with van der Waals surface area (Å²) in [5.41, 5.74) is 0. The second-order valence-corrected chi connectivity index (χ2v) is 6.58. The van der Waals surface area contributed by atoms with E-state index in [2.05, 4.69) is 11.9 Å². The van der Waals surface area contributed by atoms with Crippen LogP contribution < -0.4 is 5.32 Å². The van der Waals surface area contributed by atoms with Crippen molar-refractivity contribution in [1.82, 2.24) is 13.9 Å². The van der Waals surface area contributed by atoms with Crippen molar-refractivity contribution in [3.05, 3.63) is 12.7 Å². The Hall–Kier alpha value is -0.470. The number of piperidine rings is 1. The molecule has 6 nitrogen and oxygen atoms in total. The molecule has 0 bridgehead atoms. The highest BCUT2D eigenvalue weighted by atomic mass is 32.2. The molecule has 0 aliphatic carbocycles. The van der Waals surface area contributed by atoms with Gasteiger partial charge in [0, 0.05) is 32.2 Å². The second kappa shape index (κ2) is 7.96. The van der Waals surface area contributed by atoms with Crippen LogP contribution in [-0.4, -0.2) is 68.0 Å². The van der Waals surface area contributed by atoms with E-state index in [0.29, 0.717) is 13.1 Å². The van der Waals surface area contributed by atoms with Crippen molar-refractivity contribution in [2.24, 2.45) is 0 Å². The summed E-state index contributed by atoms with van der Waals surface area (Å²) in [6.45, 7) is 4.93. The molecule has 1 aliphatic heterocycles. The highest BCUT2D eigenvalue weighted by molar-refractivity contribution is 7.86. The Morgan fingerprint density at radius 3 is 2.84 bits per heavy atom. The zero-order chi connectivity index (χ0) is 14.3. The van der Waals surface area contributed by atoms with E-state index in [1.54, 1.807) is 10.4 Å². The quantitative estimate of drug-likeness (QED) is 0.607.